The summed E-state index contributed by atoms with van der Waals surface area (Å²) in [6.45, 7) is 1.46. The van der Waals surface area contributed by atoms with Gasteiger partial charge in [0.1, 0.15) is 5.75 Å². The SMILES string of the molecule is CC(=O)Oc1ccc(-c2ccc(/C=C/C(=O)O)cn2)cc1C12CC3CC(CC(C3)C1)C2. The van der Waals surface area contributed by atoms with Gasteiger partial charge >= 0.3 is 11.9 Å². The van der Waals surface area contributed by atoms with Crippen molar-refractivity contribution in [1.82, 2.24) is 4.98 Å². The molecule has 4 aliphatic carbocycles. The minimum atomic E-state index is -0.981. The van der Waals surface area contributed by atoms with Crippen LogP contribution in [0.25, 0.3) is 17.3 Å². The number of ether oxygens (including phenoxy) is 1. The molecule has 4 saturated carbocycles. The number of aliphatic carboxylic acids is 1. The van der Waals surface area contributed by atoms with Gasteiger partial charge in [-0.1, -0.05) is 6.07 Å². The molecule has 6 rings (SSSR count). The van der Waals surface area contributed by atoms with Crippen molar-refractivity contribution in [3.63, 3.8) is 0 Å². The number of carboxylic acids is 1. The highest BCUT2D eigenvalue weighted by molar-refractivity contribution is 5.85. The van der Waals surface area contributed by atoms with Crippen molar-refractivity contribution < 1.29 is 19.4 Å². The molecule has 5 nitrogen and oxygen atoms in total. The van der Waals surface area contributed by atoms with Crippen LogP contribution in [-0.4, -0.2) is 22.0 Å². The number of esters is 1. The summed E-state index contributed by atoms with van der Waals surface area (Å²) in [6.07, 6.45) is 11.9. The predicted octanol–water partition coefficient (Wildman–Crippen LogP) is 5.24. The summed E-state index contributed by atoms with van der Waals surface area (Å²) in [6, 6.07) is 9.83. The van der Waals surface area contributed by atoms with Gasteiger partial charge in [0.25, 0.3) is 0 Å². The fourth-order valence-electron chi connectivity index (χ4n) is 6.63. The quantitative estimate of drug-likeness (QED) is 0.409. The standard InChI is InChI=1S/C26H27NO4/c1-16(28)31-24-6-4-21(23-5-2-17(15-27-23)3-7-25(29)30)11-22(24)26-12-18-8-19(13-26)10-20(9-18)14-26/h2-7,11,15,18-20H,8-10,12-14H2,1H3,(H,29,30)/b7-3+. The molecule has 1 N–H and O–H groups in total. The van der Waals surface area contributed by atoms with Gasteiger partial charge < -0.3 is 9.84 Å². The summed E-state index contributed by atoms with van der Waals surface area (Å²) < 4.78 is 5.68. The molecule has 160 valence electrons. The topological polar surface area (TPSA) is 76.5 Å². The van der Waals surface area contributed by atoms with Crippen molar-refractivity contribution in [3.05, 3.63) is 53.7 Å². The Bertz CT molecular complexity index is 1020. The molecule has 31 heavy (non-hydrogen) atoms. The Hall–Kier alpha value is -2.95. The van der Waals surface area contributed by atoms with E-state index < -0.39 is 5.97 Å². The predicted molar refractivity (Wildman–Crippen MR) is 118 cm³/mol. The van der Waals surface area contributed by atoms with E-state index in [4.69, 9.17) is 9.84 Å². The summed E-state index contributed by atoms with van der Waals surface area (Å²) in [4.78, 5) is 27.1. The molecule has 0 saturated heterocycles. The van der Waals surface area contributed by atoms with Crippen LogP contribution in [-0.2, 0) is 15.0 Å². The first-order valence-electron chi connectivity index (χ1n) is 11.1. The minimum Gasteiger partial charge on any atom is -0.478 e. The number of hydrogen-bond acceptors (Lipinski definition) is 4. The maximum absolute atomic E-state index is 11.8. The lowest BCUT2D eigenvalue weighted by molar-refractivity contribution is -0.132. The van der Waals surface area contributed by atoms with E-state index in [2.05, 4.69) is 11.1 Å². The van der Waals surface area contributed by atoms with Gasteiger partial charge in [0, 0.05) is 30.3 Å². The number of carboxylic acid groups (broad SMARTS) is 1. The third-order valence-electron chi connectivity index (χ3n) is 7.34. The molecule has 0 aliphatic heterocycles. The lowest BCUT2D eigenvalue weighted by atomic mass is 9.48. The highest BCUT2D eigenvalue weighted by Crippen LogP contribution is 2.62. The van der Waals surface area contributed by atoms with Crippen LogP contribution in [0.2, 0.25) is 0 Å². The summed E-state index contributed by atoms with van der Waals surface area (Å²) in [7, 11) is 0. The van der Waals surface area contributed by atoms with Gasteiger partial charge in [0.05, 0.1) is 5.69 Å². The zero-order chi connectivity index (χ0) is 21.6. The van der Waals surface area contributed by atoms with Gasteiger partial charge in [-0.25, -0.2) is 4.79 Å². The van der Waals surface area contributed by atoms with Crippen molar-refractivity contribution in [2.45, 2.75) is 50.9 Å². The number of aromatic nitrogens is 1. The van der Waals surface area contributed by atoms with Crippen LogP contribution >= 0.6 is 0 Å². The van der Waals surface area contributed by atoms with Crippen molar-refractivity contribution in [2.24, 2.45) is 17.8 Å². The molecule has 4 fully saturated rings. The molecular weight excluding hydrogens is 390 g/mol. The first kappa shape index (κ1) is 20.0. The third kappa shape index (κ3) is 3.89. The van der Waals surface area contributed by atoms with Gasteiger partial charge in [0.15, 0.2) is 0 Å². The first-order chi connectivity index (χ1) is 14.9. The molecule has 0 atom stereocenters. The molecule has 4 aliphatic rings. The Labute approximate surface area is 182 Å². The Morgan fingerprint density at radius 1 is 1.06 bits per heavy atom. The zero-order valence-electron chi connectivity index (χ0n) is 17.7. The van der Waals surface area contributed by atoms with Crippen molar-refractivity contribution in [2.75, 3.05) is 0 Å². The average Bonchev–Trinajstić information content (AvgIpc) is 2.71. The van der Waals surface area contributed by atoms with Gasteiger partial charge in [-0.05, 0) is 97.6 Å². The van der Waals surface area contributed by atoms with Gasteiger partial charge in [-0.2, -0.15) is 0 Å². The Kier molecular flexibility index (Phi) is 4.92. The largest absolute Gasteiger partial charge is 0.478 e. The Balaban J connectivity index is 1.52. The normalized spacial score (nSPS) is 28.7. The van der Waals surface area contributed by atoms with Crippen LogP contribution in [0.15, 0.2) is 42.6 Å². The van der Waals surface area contributed by atoms with E-state index in [0.717, 1.165) is 46.2 Å². The zero-order valence-corrected chi connectivity index (χ0v) is 17.7. The molecule has 4 bridgehead atoms. The fourth-order valence-corrected chi connectivity index (χ4v) is 6.63. The molecule has 1 aromatic heterocycles. The van der Waals surface area contributed by atoms with Crippen LogP contribution in [0.3, 0.4) is 0 Å². The molecule has 0 radical (unpaired) electrons. The van der Waals surface area contributed by atoms with Crippen LogP contribution < -0.4 is 4.74 Å². The van der Waals surface area contributed by atoms with Crippen molar-refractivity contribution in [3.8, 4) is 17.0 Å². The Morgan fingerprint density at radius 2 is 1.74 bits per heavy atom. The molecule has 0 amide bonds. The highest BCUT2D eigenvalue weighted by Gasteiger charge is 2.52. The van der Waals surface area contributed by atoms with Gasteiger partial charge in [0.2, 0.25) is 0 Å². The van der Waals surface area contributed by atoms with E-state index in [1.807, 2.05) is 24.3 Å². The Morgan fingerprint density at radius 3 is 2.29 bits per heavy atom. The number of pyridine rings is 1. The van der Waals surface area contributed by atoms with Gasteiger partial charge in [-0.3, -0.25) is 9.78 Å². The molecular formula is C26H27NO4. The lowest BCUT2D eigenvalue weighted by Crippen LogP contribution is -2.48. The lowest BCUT2D eigenvalue weighted by Gasteiger charge is -2.57. The van der Waals surface area contributed by atoms with Crippen molar-refractivity contribution >= 4 is 18.0 Å². The number of rotatable bonds is 5. The highest BCUT2D eigenvalue weighted by atomic mass is 16.5. The van der Waals surface area contributed by atoms with Crippen LogP contribution in [0.1, 0.15) is 56.6 Å². The molecule has 5 heteroatoms. The van der Waals surface area contributed by atoms with Gasteiger partial charge in [-0.15, -0.1) is 0 Å². The summed E-state index contributed by atoms with van der Waals surface area (Å²) in [5.74, 6) is 1.80. The summed E-state index contributed by atoms with van der Waals surface area (Å²) >= 11 is 0. The van der Waals surface area contributed by atoms with Crippen molar-refractivity contribution in [1.29, 1.82) is 0 Å². The van der Waals surface area contributed by atoms with E-state index in [1.54, 1.807) is 6.20 Å². The number of carbonyl (C=O) groups is 2. The second-order valence-electron chi connectivity index (χ2n) is 9.65. The van der Waals surface area contributed by atoms with E-state index in [-0.39, 0.29) is 11.4 Å². The molecule has 2 aromatic rings. The maximum atomic E-state index is 11.8. The first-order valence-corrected chi connectivity index (χ1v) is 11.1. The van der Waals surface area contributed by atoms with E-state index >= 15 is 0 Å². The fraction of sp³-hybridized carbons (Fsp3) is 0.423. The minimum absolute atomic E-state index is 0.0969. The maximum Gasteiger partial charge on any atom is 0.328 e. The number of nitrogens with zero attached hydrogens (tertiary/aromatic N) is 1. The summed E-state index contributed by atoms with van der Waals surface area (Å²) in [5, 5.41) is 8.80. The van der Waals surface area contributed by atoms with E-state index in [1.165, 1.54) is 51.5 Å². The average molecular weight is 418 g/mol. The van der Waals surface area contributed by atoms with Crippen LogP contribution in [0.4, 0.5) is 0 Å². The molecule has 1 aromatic carbocycles. The van der Waals surface area contributed by atoms with E-state index in [9.17, 15) is 9.59 Å². The summed E-state index contributed by atoms with van der Waals surface area (Å²) in [5.41, 5.74) is 3.82. The second kappa shape index (κ2) is 7.63. The number of benzene rings is 1. The second-order valence-corrected chi connectivity index (χ2v) is 9.65. The van der Waals surface area contributed by atoms with Crippen LogP contribution in [0.5, 0.6) is 5.75 Å². The number of hydrogen-bond donors (Lipinski definition) is 1. The molecule has 0 unspecified atom stereocenters. The molecule has 0 spiro atoms. The monoisotopic (exact) mass is 417 g/mol. The third-order valence-corrected chi connectivity index (χ3v) is 7.34. The van der Waals surface area contributed by atoms with Crippen LogP contribution in [0, 0.1) is 17.8 Å². The van der Waals surface area contributed by atoms with E-state index in [0.29, 0.717) is 5.75 Å². The molecule has 1 heterocycles. The smallest absolute Gasteiger partial charge is 0.328 e. The number of carbonyl (C=O) groups excluding carboxylic acids is 1.